The largest absolute Gasteiger partial charge is 0.458 e. The Morgan fingerprint density at radius 2 is 1.67 bits per heavy atom. The van der Waals surface area contributed by atoms with Crippen molar-refractivity contribution in [3.05, 3.63) is 90.0 Å². The van der Waals surface area contributed by atoms with Gasteiger partial charge in [0.25, 0.3) is 0 Å². The van der Waals surface area contributed by atoms with Gasteiger partial charge < -0.3 is 4.74 Å². The summed E-state index contributed by atoms with van der Waals surface area (Å²) in [5.74, 6) is -0.390. The summed E-state index contributed by atoms with van der Waals surface area (Å²) in [5, 5.41) is 0.757. The molecule has 108 valence electrons. The molecule has 3 heteroatoms. The van der Waals surface area contributed by atoms with Crippen LogP contribution in [0.2, 0.25) is 5.02 Å². The highest BCUT2D eigenvalue weighted by molar-refractivity contribution is 6.32. The summed E-state index contributed by atoms with van der Waals surface area (Å²) in [6, 6.07) is 17.1. The van der Waals surface area contributed by atoms with Gasteiger partial charge in [0.2, 0.25) is 0 Å². The van der Waals surface area contributed by atoms with E-state index in [4.69, 9.17) is 16.3 Å². The third kappa shape index (κ3) is 6.59. The van der Waals surface area contributed by atoms with Gasteiger partial charge in [0.05, 0.1) is 0 Å². The van der Waals surface area contributed by atoms with Crippen molar-refractivity contribution >= 4 is 23.6 Å². The molecule has 0 aliphatic rings. The van der Waals surface area contributed by atoms with Crippen molar-refractivity contribution in [2.24, 2.45) is 0 Å². The number of hydrogen-bond acceptors (Lipinski definition) is 2. The minimum Gasteiger partial charge on any atom is -0.458 e. The minimum atomic E-state index is -0.390. The molecule has 0 amide bonds. The van der Waals surface area contributed by atoms with E-state index < -0.39 is 0 Å². The number of ether oxygens (including phenoxy) is 1. The van der Waals surface area contributed by atoms with Crippen molar-refractivity contribution in [3.8, 4) is 0 Å². The maximum atomic E-state index is 10.6. The Morgan fingerprint density at radius 1 is 1.05 bits per heavy atom. The molecule has 0 unspecified atom stereocenters. The van der Waals surface area contributed by atoms with Crippen molar-refractivity contribution in [1.29, 1.82) is 0 Å². The SMILES string of the molecule is C=CC(=O)OCc1ccccc1.C=Cc1ccccc1Cl. The highest BCUT2D eigenvalue weighted by Gasteiger charge is 1.95. The first-order valence-electron chi connectivity index (χ1n) is 6.37. The van der Waals surface area contributed by atoms with Gasteiger partial charge in [0.15, 0.2) is 0 Å². The Balaban J connectivity index is 0.000000219. The van der Waals surface area contributed by atoms with Gasteiger partial charge in [-0.05, 0) is 17.2 Å². The number of halogens is 1. The summed E-state index contributed by atoms with van der Waals surface area (Å²) >= 11 is 5.75. The summed E-state index contributed by atoms with van der Waals surface area (Å²) in [7, 11) is 0. The lowest BCUT2D eigenvalue weighted by atomic mass is 10.2. The van der Waals surface area contributed by atoms with Gasteiger partial charge in [-0.1, -0.05) is 79.4 Å². The van der Waals surface area contributed by atoms with Crippen molar-refractivity contribution in [2.75, 3.05) is 0 Å². The predicted octanol–water partition coefficient (Wildman–Crippen LogP) is 4.90. The van der Waals surface area contributed by atoms with Crippen LogP contribution < -0.4 is 0 Å². The first kappa shape index (κ1) is 16.7. The molecule has 0 N–H and O–H groups in total. The van der Waals surface area contributed by atoms with Crippen molar-refractivity contribution in [2.45, 2.75) is 6.61 Å². The smallest absolute Gasteiger partial charge is 0.330 e. The fourth-order valence-corrected chi connectivity index (χ4v) is 1.64. The van der Waals surface area contributed by atoms with E-state index in [0.717, 1.165) is 22.2 Å². The van der Waals surface area contributed by atoms with Crippen molar-refractivity contribution < 1.29 is 9.53 Å². The zero-order valence-corrected chi connectivity index (χ0v) is 12.4. The van der Waals surface area contributed by atoms with E-state index in [1.54, 1.807) is 6.08 Å². The van der Waals surface area contributed by atoms with Gasteiger partial charge in [-0.2, -0.15) is 0 Å². The number of rotatable bonds is 4. The maximum Gasteiger partial charge on any atom is 0.330 e. The van der Waals surface area contributed by atoms with E-state index in [0.29, 0.717) is 6.61 Å². The highest BCUT2D eigenvalue weighted by atomic mass is 35.5. The van der Waals surface area contributed by atoms with E-state index >= 15 is 0 Å². The molecular weight excluding hydrogens is 284 g/mol. The van der Waals surface area contributed by atoms with E-state index in [2.05, 4.69) is 13.2 Å². The predicted molar refractivity (Wildman–Crippen MR) is 88.0 cm³/mol. The summed E-state index contributed by atoms with van der Waals surface area (Å²) < 4.78 is 4.82. The summed E-state index contributed by atoms with van der Waals surface area (Å²) in [4.78, 5) is 10.6. The maximum absolute atomic E-state index is 10.6. The molecular formula is C18H17ClO2. The zero-order chi connectivity index (χ0) is 15.5. The van der Waals surface area contributed by atoms with E-state index in [1.165, 1.54) is 0 Å². The van der Waals surface area contributed by atoms with Crippen LogP contribution in [0, 0.1) is 0 Å². The lowest BCUT2D eigenvalue weighted by molar-refractivity contribution is -0.138. The Hall–Kier alpha value is -2.32. The molecule has 2 aromatic rings. The molecule has 0 aliphatic carbocycles. The van der Waals surface area contributed by atoms with E-state index in [9.17, 15) is 4.79 Å². The lowest BCUT2D eigenvalue weighted by Gasteiger charge is -2.00. The van der Waals surface area contributed by atoms with Crippen LogP contribution >= 0.6 is 11.6 Å². The molecule has 0 atom stereocenters. The van der Waals surface area contributed by atoms with Crippen LogP contribution in [0.15, 0.2) is 73.8 Å². The van der Waals surface area contributed by atoms with Crippen LogP contribution in [0.3, 0.4) is 0 Å². The van der Waals surface area contributed by atoms with Gasteiger partial charge in [0, 0.05) is 11.1 Å². The Kier molecular flexibility index (Phi) is 7.62. The summed E-state index contributed by atoms with van der Waals surface area (Å²) in [6.45, 7) is 7.22. The monoisotopic (exact) mass is 300 g/mol. The number of carbonyl (C=O) groups is 1. The molecule has 21 heavy (non-hydrogen) atoms. The normalized spacial score (nSPS) is 9.00. The molecule has 0 radical (unpaired) electrons. The average molecular weight is 301 g/mol. The fourth-order valence-electron chi connectivity index (χ4n) is 1.43. The highest BCUT2D eigenvalue weighted by Crippen LogP contribution is 2.14. The van der Waals surface area contributed by atoms with Gasteiger partial charge in [-0.3, -0.25) is 0 Å². The Labute approximate surface area is 130 Å². The molecule has 0 spiro atoms. The van der Waals surface area contributed by atoms with Crippen LogP contribution in [0.25, 0.3) is 6.08 Å². The standard InChI is InChI=1S/C10H10O2.C8H7Cl/c1-2-10(11)12-8-9-6-4-3-5-7-9;1-2-7-5-3-4-6-8(7)9/h2-7H,1,8H2;2-6H,1H2. The van der Waals surface area contributed by atoms with Gasteiger partial charge in [-0.25, -0.2) is 4.79 Å². The molecule has 0 heterocycles. The van der Waals surface area contributed by atoms with E-state index in [-0.39, 0.29) is 5.97 Å². The second-order valence-electron chi connectivity index (χ2n) is 4.02. The molecule has 0 fully saturated rings. The van der Waals surface area contributed by atoms with Crippen LogP contribution in [-0.2, 0) is 16.1 Å². The molecule has 2 aromatic carbocycles. The third-order valence-corrected chi connectivity index (χ3v) is 2.86. The first-order valence-corrected chi connectivity index (χ1v) is 6.75. The Bertz CT molecular complexity index is 591. The zero-order valence-electron chi connectivity index (χ0n) is 11.7. The molecule has 2 nitrogen and oxygen atoms in total. The second kappa shape index (κ2) is 9.56. The number of hydrogen-bond donors (Lipinski definition) is 0. The van der Waals surface area contributed by atoms with Crippen LogP contribution in [0.5, 0.6) is 0 Å². The summed E-state index contributed by atoms with van der Waals surface area (Å²) in [5.41, 5.74) is 1.96. The lowest BCUT2D eigenvalue weighted by Crippen LogP contribution is -1.99. The molecule has 2 rings (SSSR count). The van der Waals surface area contributed by atoms with Gasteiger partial charge in [0.1, 0.15) is 6.61 Å². The third-order valence-electron chi connectivity index (χ3n) is 2.52. The average Bonchev–Trinajstić information content (AvgIpc) is 2.54. The molecule has 0 aliphatic heterocycles. The van der Waals surface area contributed by atoms with Crippen molar-refractivity contribution in [1.82, 2.24) is 0 Å². The van der Waals surface area contributed by atoms with Gasteiger partial charge in [-0.15, -0.1) is 0 Å². The van der Waals surface area contributed by atoms with E-state index in [1.807, 2.05) is 54.6 Å². The van der Waals surface area contributed by atoms with Crippen LogP contribution in [0.1, 0.15) is 11.1 Å². The Morgan fingerprint density at radius 3 is 2.19 bits per heavy atom. The number of carbonyl (C=O) groups excluding carboxylic acids is 1. The number of benzene rings is 2. The molecule has 0 saturated heterocycles. The summed E-state index contributed by atoms with van der Waals surface area (Å²) in [6.07, 6.45) is 2.89. The quantitative estimate of drug-likeness (QED) is 0.593. The van der Waals surface area contributed by atoms with Crippen LogP contribution in [0.4, 0.5) is 0 Å². The molecule has 0 bridgehead atoms. The van der Waals surface area contributed by atoms with Crippen molar-refractivity contribution in [3.63, 3.8) is 0 Å². The minimum absolute atomic E-state index is 0.311. The molecule has 0 aromatic heterocycles. The van der Waals surface area contributed by atoms with Gasteiger partial charge >= 0.3 is 5.97 Å². The molecule has 0 saturated carbocycles. The number of esters is 1. The topological polar surface area (TPSA) is 26.3 Å². The fraction of sp³-hybridized carbons (Fsp3) is 0.0556. The second-order valence-corrected chi connectivity index (χ2v) is 4.43. The first-order chi connectivity index (χ1) is 10.2. The van der Waals surface area contributed by atoms with Crippen LogP contribution in [-0.4, -0.2) is 5.97 Å².